The molecule has 0 aromatic carbocycles. The molecule has 1 heterocycles. The lowest BCUT2D eigenvalue weighted by atomic mass is 9.76. The zero-order chi connectivity index (χ0) is 16.4. The van der Waals surface area contributed by atoms with Gasteiger partial charge in [-0.1, -0.05) is 6.92 Å². The van der Waals surface area contributed by atoms with Gasteiger partial charge in [-0.15, -0.1) is 0 Å². The summed E-state index contributed by atoms with van der Waals surface area (Å²) in [6.45, 7) is 0.920. The van der Waals surface area contributed by atoms with Crippen LogP contribution in [0, 0.1) is 11.8 Å². The van der Waals surface area contributed by atoms with E-state index in [2.05, 4.69) is 0 Å². The monoisotopic (exact) mass is 322 g/mol. The molecule has 130 valence electrons. The molecule has 0 amide bonds. The Bertz CT molecular complexity index is 352. The van der Waals surface area contributed by atoms with E-state index in [1.54, 1.807) is 6.92 Å². The first-order chi connectivity index (χ1) is 10.4. The van der Waals surface area contributed by atoms with Gasteiger partial charge in [-0.3, -0.25) is 0 Å². The van der Waals surface area contributed by atoms with E-state index in [1.165, 1.54) is 0 Å². The maximum absolute atomic E-state index is 10.2. The van der Waals surface area contributed by atoms with Crippen molar-refractivity contribution in [2.24, 2.45) is 11.8 Å². The average Bonchev–Trinajstić information content (AvgIpc) is 2.51. The predicted molar refractivity (Wildman–Crippen MR) is 73.9 cm³/mol. The highest BCUT2D eigenvalue weighted by atomic mass is 16.6. The minimum absolute atomic E-state index is 0.0859. The van der Waals surface area contributed by atoms with Gasteiger partial charge in [0.2, 0.25) is 0 Å². The van der Waals surface area contributed by atoms with Crippen LogP contribution in [0.25, 0.3) is 0 Å². The lowest BCUT2D eigenvalue weighted by Crippen LogP contribution is -2.59. The third-order valence-corrected chi connectivity index (χ3v) is 4.80. The van der Waals surface area contributed by atoms with Crippen molar-refractivity contribution in [3.63, 3.8) is 0 Å². The molecule has 0 aromatic rings. The molecule has 0 bridgehead atoms. The zero-order valence-electron chi connectivity index (χ0n) is 12.5. The normalized spacial score (nSPS) is 50.0. The molecular weight excluding hydrogens is 296 g/mol. The van der Waals surface area contributed by atoms with Gasteiger partial charge >= 0.3 is 0 Å². The van der Waals surface area contributed by atoms with Crippen LogP contribution in [-0.2, 0) is 9.47 Å². The summed E-state index contributed by atoms with van der Waals surface area (Å²) in [7, 11) is 0. The molecule has 1 saturated heterocycles. The van der Waals surface area contributed by atoms with Crippen LogP contribution < -0.4 is 0 Å². The Hall–Kier alpha value is -0.320. The van der Waals surface area contributed by atoms with Gasteiger partial charge in [-0.25, -0.2) is 0 Å². The van der Waals surface area contributed by atoms with Gasteiger partial charge in [0, 0.05) is 18.4 Å². The molecule has 0 aromatic heterocycles. The van der Waals surface area contributed by atoms with Crippen molar-refractivity contribution < 1.29 is 40.1 Å². The Morgan fingerprint density at radius 1 is 1.00 bits per heavy atom. The first-order valence-electron chi connectivity index (χ1n) is 7.61. The van der Waals surface area contributed by atoms with Crippen LogP contribution in [0.3, 0.4) is 0 Å². The lowest BCUT2D eigenvalue weighted by Gasteiger charge is -2.45. The Labute approximate surface area is 128 Å². The van der Waals surface area contributed by atoms with Gasteiger partial charge in [-0.05, 0) is 6.42 Å². The molecule has 0 spiro atoms. The summed E-state index contributed by atoms with van der Waals surface area (Å²) >= 11 is 0. The molecule has 2 rings (SSSR count). The van der Waals surface area contributed by atoms with Gasteiger partial charge < -0.3 is 40.1 Å². The minimum Gasteiger partial charge on any atom is -0.396 e. The highest BCUT2D eigenvalue weighted by molar-refractivity contribution is 4.94. The summed E-state index contributed by atoms with van der Waals surface area (Å²) < 4.78 is 10.8. The van der Waals surface area contributed by atoms with Crippen LogP contribution in [0.4, 0.5) is 0 Å². The van der Waals surface area contributed by atoms with E-state index in [-0.39, 0.29) is 19.6 Å². The predicted octanol–water partition coefficient (Wildman–Crippen LogP) is -2.78. The number of ether oxygens (including phenoxy) is 2. The van der Waals surface area contributed by atoms with E-state index in [1.807, 2.05) is 0 Å². The fourth-order valence-electron chi connectivity index (χ4n) is 3.25. The van der Waals surface area contributed by atoms with Gasteiger partial charge in [0.25, 0.3) is 0 Å². The Morgan fingerprint density at radius 3 is 2.27 bits per heavy atom. The SMILES string of the molecule is C[C@H]1[C@H](O)[C@@H](CO)CC(O[C@H]2[C@H](O)[C@@H](CO)OC[C@@H]2O)[C@@H]1O. The van der Waals surface area contributed by atoms with E-state index in [9.17, 15) is 25.5 Å². The number of rotatable bonds is 4. The Balaban J connectivity index is 2.07. The summed E-state index contributed by atoms with van der Waals surface area (Å²) in [5, 5.41) is 58.7. The Morgan fingerprint density at radius 2 is 1.68 bits per heavy atom. The topological polar surface area (TPSA) is 140 Å². The summed E-state index contributed by atoms with van der Waals surface area (Å²) in [5.74, 6) is -0.940. The molecule has 8 nitrogen and oxygen atoms in total. The molecule has 2 fully saturated rings. The number of hydrogen-bond donors (Lipinski definition) is 6. The van der Waals surface area contributed by atoms with E-state index in [4.69, 9.17) is 14.6 Å². The zero-order valence-corrected chi connectivity index (χ0v) is 12.5. The van der Waals surface area contributed by atoms with Crippen molar-refractivity contribution in [2.75, 3.05) is 19.8 Å². The standard InChI is InChI=1S/C14H26O8/c1-6-11(18)7(3-15)2-9(12(6)19)22-14-8(17)5-21-10(4-16)13(14)20/h6-20H,2-5H2,1H3/t6-,7+,8-,9?,10+,11-,12+,13+,14+/m0/s1. The van der Waals surface area contributed by atoms with Crippen LogP contribution in [0.15, 0.2) is 0 Å². The summed E-state index contributed by atoms with van der Waals surface area (Å²) in [6, 6.07) is 0. The van der Waals surface area contributed by atoms with Gasteiger partial charge in [0.05, 0.1) is 31.5 Å². The largest absolute Gasteiger partial charge is 0.396 e. The van der Waals surface area contributed by atoms with Gasteiger partial charge in [-0.2, -0.15) is 0 Å². The molecular formula is C14H26O8. The minimum atomic E-state index is -1.23. The highest BCUT2D eigenvalue weighted by Gasteiger charge is 2.46. The van der Waals surface area contributed by atoms with Crippen LogP contribution in [-0.4, -0.2) is 93.2 Å². The molecule has 6 N–H and O–H groups in total. The second-order valence-electron chi connectivity index (χ2n) is 6.27. The van der Waals surface area contributed by atoms with Crippen LogP contribution in [0.5, 0.6) is 0 Å². The molecule has 22 heavy (non-hydrogen) atoms. The molecule has 9 atom stereocenters. The average molecular weight is 322 g/mol. The van der Waals surface area contributed by atoms with Crippen LogP contribution >= 0.6 is 0 Å². The fourth-order valence-corrected chi connectivity index (χ4v) is 3.25. The molecule has 0 radical (unpaired) electrons. The molecule has 8 heteroatoms. The first kappa shape index (κ1) is 18.0. The first-order valence-corrected chi connectivity index (χ1v) is 7.61. The quantitative estimate of drug-likeness (QED) is 0.327. The highest BCUT2D eigenvalue weighted by Crippen LogP contribution is 2.33. The lowest BCUT2D eigenvalue weighted by molar-refractivity contribution is -0.246. The van der Waals surface area contributed by atoms with E-state index < -0.39 is 61.2 Å². The summed E-state index contributed by atoms with van der Waals surface area (Å²) in [6.07, 6.45) is -6.51. The van der Waals surface area contributed by atoms with Gasteiger partial charge in [0.15, 0.2) is 0 Å². The van der Waals surface area contributed by atoms with Crippen molar-refractivity contribution in [3.05, 3.63) is 0 Å². The second-order valence-corrected chi connectivity index (χ2v) is 6.27. The third-order valence-electron chi connectivity index (χ3n) is 4.80. The maximum atomic E-state index is 10.2. The van der Waals surface area contributed by atoms with Gasteiger partial charge in [0.1, 0.15) is 24.4 Å². The molecule has 1 aliphatic heterocycles. The molecule has 1 aliphatic carbocycles. The van der Waals surface area contributed by atoms with E-state index >= 15 is 0 Å². The number of aliphatic hydroxyl groups is 6. The molecule has 1 saturated carbocycles. The van der Waals surface area contributed by atoms with E-state index in [0.29, 0.717) is 0 Å². The van der Waals surface area contributed by atoms with E-state index in [0.717, 1.165) is 0 Å². The molecule has 2 aliphatic rings. The van der Waals surface area contributed by atoms with Crippen molar-refractivity contribution in [3.8, 4) is 0 Å². The molecule has 1 unspecified atom stereocenters. The van der Waals surface area contributed by atoms with Crippen molar-refractivity contribution in [1.29, 1.82) is 0 Å². The van der Waals surface area contributed by atoms with Crippen molar-refractivity contribution in [2.45, 2.75) is 56.1 Å². The maximum Gasteiger partial charge on any atom is 0.115 e. The number of hydrogen-bond acceptors (Lipinski definition) is 8. The third kappa shape index (κ3) is 3.44. The van der Waals surface area contributed by atoms with Crippen LogP contribution in [0.1, 0.15) is 13.3 Å². The van der Waals surface area contributed by atoms with Crippen molar-refractivity contribution >= 4 is 0 Å². The fraction of sp³-hybridized carbons (Fsp3) is 1.00. The number of aliphatic hydroxyl groups excluding tert-OH is 6. The second kappa shape index (κ2) is 7.50. The van der Waals surface area contributed by atoms with Crippen molar-refractivity contribution in [1.82, 2.24) is 0 Å². The Kier molecular flexibility index (Phi) is 6.14. The summed E-state index contributed by atoms with van der Waals surface area (Å²) in [5.41, 5.74) is 0. The summed E-state index contributed by atoms with van der Waals surface area (Å²) in [4.78, 5) is 0. The smallest absolute Gasteiger partial charge is 0.115 e. The van der Waals surface area contributed by atoms with Crippen LogP contribution in [0.2, 0.25) is 0 Å².